The number of hydrogen-bond acceptors (Lipinski definition) is 2. The fourth-order valence-electron chi connectivity index (χ4n) is 2.02. The molecule has 0 fully saturated rings. The van der Waals surface area contributed by atoms with E-state index in [1.54, 1.807) is 0 Å². The van der Waals surface area contributed by atoms with E-state index in [4.69, 9.17) is 28.9 Å². The van der Waals surface area contributed by atoms with Gasteiger partial charge in [0.25, 0.3) is 5.91 Å². The highest BCUT2D eigenvalue weighted by atomic mass is 35.5. The Morgan fingerprint density at radius 3 is 2.57 bits per heavy atom. The molecule has 0 radical (unpaired) electrons. The first-order valence-electron chi connectivity index (χ1n) is 6.56. The molecular formula is C16H16Cl2N2O. The van der Waals surface area contributed by atoms with Gasteiger partial charge in [-0.25, -0.2) is 0 Å². The van der Waals surface area contributed by atoms with Gasteiger partial charge in [0, 0.05) is 12.2 Å². The molecule has 0 aliphatic carbocycles. The summed E-state index contributed by atoms with van der Waals surface area (Å²) in [5.74, 6) is -0.0811. The quantitative estimate of drug-likeness (QED) is 0.832. The average molecular weight is 323 g/mol. The standard InChI is InChI=1S/C16H16Cl2N2O/c1-10(11-5-3-2-4-6-11)9-20-16(21)13-7-12(19)8-14(17)15(13)18/h2-8,10H,9,19H2,1H3,(H,20,21). The molecule has 0 aromatic heterocycles. The summed E-state index contributed by atoms with van der Waals surface area (Å²) < 4.78 is 0. The second-order valence-electron chi connectivity index (χ2n) is 4.89. The fraction of sp³-hybridized carbons (Fsp3) is 0.188. The Labute approximate surface area is 134 Å². The van der Waals surface area contributed by atoms with Crippen molar-refractivity contribution in [3.8, 4) is 0 Å². The van der Waals surface area contributed by atoms with E-state index in [0.717, 1.165) is 5.56 Å². The van der Waals surface area contributed by atoms with Crippen molar-refractivity contribution in [3.63, 3.8) is 0 Å². The third-order valence-corrected chi connectivity index (χ3v) is 4.03. The summed E-state index contributed by atoms with van der Waals surface area (Å²) in [6.45, 7) is 2.55. The zero-order valence-electron chi connectivity index (χ0n) is 11.6. The second kappa shape index (κ2) is 6.83. The molecule has 1 amide bonds. The third kappa shape index (κ3) is 3.90. The first-order valence-corrected chi connectivity index (χ1v) is 7.32. The molecule has 3 nitrogen and oxygen atoms in total. The lowest BCUT2D eigenvalue weighted by molar-refractivity contribution is 0.0952. The van der Waals surface area contributed by atoms with Gasteiger partial charge in [-0.1, -0.05) is 60.5 Å². The predicted octanol–water partition coefficient (Wildman–Crippen LogP) is 4.11. The van der Waals surface area contributed by atoms with Gasteiger partial charge in [0.1, 0.15) is 0 Å². The Balaban J connectivity index is 2.06. The Kier molecular flexibility index (Phi) is 5.10. The van der Waals surface area contributed by atoms with Gasteiger partial charge < -0.3 is 11.1 Å². The number of nitrogen functional groups attached to an aromatic ring is 1. The minimum Gasteiger partial charge on any atom is -0.399 e. The number of halogens is 2. The molecule has 0 aliphatic heterocycles. The van der Waals surface area contributed by atoms with Crippen LogP contribution in [0.25, 0.3) is 0 Å². The van der Waals surface area contributed by atoms with E-state index in [1.165, 1.54) is 12.1 Å². The molecule has 110 valence electrons. The van der Waals surface area contributed by atoms with Crippen LogP contribution >= 0.6 is 23.2 Å². The summed E-state index contributed by atoms with van der Waals surface area (Å²) >= 11 is 12.0. The smallest absolute Gasteiger partial charge is 0.252 e. The molecule has 0 heterocycles. The molecule has 21 heavy (non-hydrogen) atoms. The Morgan fingerprint density at radius 2 is 1.90 bits per heavy atom. The molecule has 0 saturated carbocycles. The van der Waals surface area contributed by atoms with Crippen LogP contribution in [0.2, 0.25) is 10.0 Å². The van der Waals surface area contributed by atoms with Gasteiger partial charge in [-0.05, 0) is 23.6 Å². The van der Waals surface area contributed by atoms with Crippen molar-refractivity contribution in [2.75, 3.05) is 12.3 Å². The summed E-state index contributed by atoms with van der Waals surface area (Å²) in [5, 5.41) is 3.35. The van der Waals surface area contributed by atoms with Crippen LogP contribution in [-0.2, 0) is 0 Å². The van der Waals surface area contributed by atoms with Gasteiger partial charge >= 0.3 is 0 Å². The fourth-order valence-corrected chi connectivity index (χ4v) is 2.44. The van der Waals surface area contributed by atoms with Crippen LogP contribution in [0.5, 0.6) is 0 Å². The molecule has 3 N–H and O–H groups in total. The van der Waals surface area contributed by atoms with Gasteiger partial charge in [-0.3, -0.25) is 4.79 Å². The number of nitrogens with one attached hydrogen (secondary N) is 1. The summed E-state index contributed by atoms with van der Waals surface area (Å²) in [6, 6.07) is 13.0. The monoisotopic (exact) mass is 322 g/mol. The Morgan fingerprint density at radius 1 is 1.24 bits per heavy atom. The average Bonchev–Trinajstić information content (AvgIpc) is 2.49. The van der Waals surface area contributed by atoms with Crippen molar-refractivity contribution in [1.82, 2.24) is 5.32 Å². The van der Waals surface area contributed by atoms with Crippen molar-refractivity contribution in [1.29, 1.82) is 0 Å². The van der Waals surface area contributed by atoms with Crippen molar-refractivity contribution in [2.45, 2.75) is 12.8 Å². The number of rotatable bonds is 4. The van der Waals surface area contributed by atoms with Crippen molar-refractivity contribution in [3.05, 3.63) is 63.6 Å². The van der Waals surface area contributed by atoms with Crippen LogP contribution in [0, 0.1) is 0 Å². The van der Waals surface area contributed by atoms with Crippen LogP contribution in [0.3, 0.4) is 0 Å². The zero-order valence-corrected chi connectivity index (χ0v) is 13.1. The topological polar surface area (TPSA) is 55.1 Å². The normalized spacial score (nSPS) is 12.0. The maximum Gasteiger partial charge on any atom is 0.252 e. The molecule has 0 bridgehead atoms. The van der Waals surface area contributed by atoms with E-state index in [9.17, 15) is 4.79 Å². The molecule has 2 aromatic rings. The summed E-state index contributed by atoms with van der Waals surface area (Å²) in [5.41, 5.74) is 7.55. The molecule has 0 spiro atoms. The highest BCUT2D eigenvalue weighted by Gasteiger charge is 2.15. The van der Waals surface area contributed by atoms with E-state index in [2.05, 4.69) is 5.32 Å². The van der Waals surface area contributed by atoms with Crippen molar-refractivity contribution in [2.24, 2.45) is 0 Å². The predicted molar refractivity (Wildman–Crippen MR) is 88.1 cm³/mol. The molecule has 1 unspecified atom stereocenters. The molecule has 1 atom stereocenters. The molecule has 2 rings (SSSR count). The van der Waals surface area contributed by atoms with Gasteiger partial charge in [0.05, 0.1) is 15.6 Å². The highest BCUT2D eigenvalue weighted by molar-refractivity contribution is 6.44. The number of hydrogen-bond donors (Lipinski definition) is 2. The lowest BCUT2D eigenvalue weighted by Crippen LogP contribution is -2.27. The van der Waals surface area contributed by atoms with Crippen LogP contribution in [0.4, 0.5) is 5.69 Å². The number of anilines is 1. The molecule has 2 aromatic carbocycles. The van der Waals surface area contributed by atoms with Gasteiger partial charge in [-0.15, -0.1) is 0 Å². The maximum absolute atomic E-state index is 12.2. The van der Waals surface area contributed by atoms with E-state index >= 15 is 0 Å². The second-order valence-corrected chi connectivity index (χ2v) is 5.67. The largest absolute Gasteiger partial charge is 0.399 e. The maximum atomic E-state index is 12.2. The number of carbonyl (C=O) groups excluding carboxylic acids is 1. The Bertz CT molecular complexity index is 644. The van der Waals surface area contributed by atoms with Gasteiger partial charge in [-0.2, -0.15) is 0 Å². The molecular weight excluding hydrogens is 307 g/mol. The first-order chi connectivity index (χ1) is 9.99. The summed E-state index contributed by atoms with van der Waals surface area (Å²) in [7, 11) is 0. The lowest BCUT2D eigenvalue weighted by Gasteiger charge is -2.14. The first kappa shape index (κ1) is 15.7. The van der Waals surface area contributed by atoms with Crippen molar-refractivity contribution < 1.29 is 4.79 Å². The summed E-state index contributed by atoms with van der Waals surface area (Å²) in [4.78, 5) is 12.2. The molecule has 0 saturated heterocycles. The number of nitrogens with two attached hydrogens (primary N) is 1. The number of benzene rings is 2. The molecule has 5 heteroatoms. The van der Waals surface area contributed by atoms with Crippen LogP contribution in [-0.4, -0.2) is 12.5 Å². The minimum absolute atomic E-state index is 0.199. The lowest BCUT2D eigenvalue weighted by atomic mass is 10.0. The number of amides is 1. The van der Waals surface area contributed by atoms with E-state index in [-0.39, 0.29) is 21.9 Å². The van der Waals surface area contributed by atoms with Crippen LogP contribution < -0.4 is 11.1 Å². The van der Waals surface area contributed by atoms with E-state index in [1.807, 2.05) is 37.3 Å². The third-order valence-electron chi connectivity index (χ3n) is 3.23. The van der Waals surface area contributed by atoms with Gasteiger partial charge in [0.2, 0.25) is 0 Å². The van der Waals surface area contributed by atoms with Crippen LogP contribution in [0.15, 0.2) is 42.5 Å². The Hall–Kier alpha value is -1.71. The van der Waals surface area contributed by atoms with E-state index in [0.29, 0.717) is 17.8 Å². The molecule has 0 aliphatic rings. The van der Waals surface area contributed by atoms with E-state index < -0.39 is 0 Å². The summed E-state index contributed by atoms with van der Waals surface area (Å²) in [6.07, 6.45) is 0. The van der Waals surface area contributed by atoms with Crippen molar-refractivity contribution >= 4 is 34.8 Å². The zero-order chi connectivity index (χ0) is 15.4. The highest BCUT2D eigenvalue weighted by Crippen LogP contribution is 2.28. The van der Waals surface area contributed by atoms with Gasteiger partial charge in [0.15, 0.2) is 0 Å². The number of carbonyl (C=O) groups is 1. The SMILES string of the molecule is CC(CNC(=O)c1cc(N)cc(Cl)c1Cl)c1ccccc1. The minimum atomic E-state index is -0.281. The van der Waals surface area contributed by atoms with Crippen LogP contribution in [0.1, 0.15) is 28.8 Å².